The van der Waals surface area contributed by atoms with Gasteiger partial charge in [-0.1, -0.05) is 111 Å². The highest BCUT2D eigenvalue weighted by Crippen LogP contribution is 2.52. The first kappa shape index (κ1) is 21.0. The van der Waals surface area contributed by atoms with Gasteiger partial charge in [-0.05, 0) is 79.2 Å². The van der Waals surface area contributed by atoms with E-state index >= 15 is 0 Å². The lowest BCUT2D eigenvalue weighted by Gasteiger charge is -2.22. The first-order chi connectivity index (χ1) is 17.6. The molecule has 0 aromatic heterocycles. The molecule has 7 rings (SSSR count). The van der Waals surface area contributed by atoms with Gasteiger partial charge in [-0.2, -0.15) is 0 Å². The lowest BCUT2D eigenvalue weighted by molar-refractivity contribution is 0.661. The van der Waals surface area contributed by atoms with E-state index in [1.165, 1.54) is 54.9 Å². The Bertz CT molecular complexity index is 1770. The van der Waals surface area contributed by atoms with Crippen LogP contribution in [0.3, 0.4) is 0 Å². The third-order valence-corrected chi connectivity index (χ3v) is 7.84. The molecule has 1 nitrogen and oxygen atoms in total. The summed E-state index contributed by atoms with van der Waals surface area (Å²) >= 11 is 0. The van der Waals surface area contributed by atoms with E-state index in [9.17, 15) is 0 Å². The molecular formula is C35H27N. The quantitative estimate of drug-likeness (QED) is 0.276. The van der Waals surface area contributed by atoms with Gasteiger partial charge in [-0.25, -0.2) is 0 Å². The number of hydrogen-bond donors (Lipinski definition) is 1. The second-order valence-corrected chi connectivity index (χ2v) is 10.3. The molecule has 0 unspecified atom stereocenters. The van der Waals surface area contributed by atoms with Gasteiger partial charge in [0.15, 0.2) is 0 Å². The van der Waals surface area contributed by atoms with Gasteiger partial charge in [-0.3, -0.25) is 0 Å². The highest BCUT2D eigenvalue weighted by molar-refractivity contribution is 6.03. The first-order valence-electron chi connectivity index (χ1n) is 12.6. The Morgan fingerprint density at radius 3 is 1.97 bits per heavy atom. The molecule has 6 aromatic rings. The Labute approximate surface area is 212 Å². The summed E-state index contributed by atoms with van der Waals surface area (Å²) in [5.74, 6) is 0. The van der Waals surface area contributed by atoms with E-state index < -0.39 is 0 Å². The summed E-state index contributed by atoms with van der Waals surface area (Å²) in [6, 6.07) is 44.0. The van der Waals surface area contributed by atoms with Crippen LogP contribution in [0.25, 0.3) is 43.8 Å². The number of anilines is 2. The Morgan fingerprint density at radius 2 is 1.17 bits per heavy atom. The molecule has 1 aliphatic rings. The average molecular weight is 462 g/mol. The molecule has 0 atom stereocenters. The van der Waals surface area contributed by atoms with E-state index in [1.54, 1.807) is 0 Å². The Hall–Kier alpha value is -4.36. The van der Waals surface area contributed by atoms with Crippen molar-refractivity contribution in [1.29, 1.82) is 0 Å². The zero-order valence-electron chi connectivity index (χ0n) is 20.5. The fraction of sp³-hybridized carbons (Fsp3) is 0.0857. The highest BCUT2D eigenvalue weighted by atomic mass is 14.9. The second kappa shape index (κ2) is 7.83. The van der Waals surface area contributed by atoms with Crippen molar-refractivity contribution in [1.82, 2.24) is 0 Å². The lowest BCUT2D eigenvalue weighted by Crippen LogP contribution is -2.15. The van der Waals surface area contributed by atoms with Crippen LogP contribution in [0.1, 0.15) is 25.0 Å². The van der Waals surface area contributed by atoms with E-state index in [2.05, 4.69) is 140 Å². The molecule has 0 heterocycles. The maximum Gasteiger partial charge on any atom is 0.0387 e. The lowest BCUT2D eigenvalue weighted by atomic mass is 9.82. The van der Waals surface area contributed by atoms with Crippen LogP contribution in [0, 0.1) is 0 Å². The fourth-order valence-corrected chi connectivity index (χ4v) is 5.96. The first-order valence-corrected chi connectivity index (χ1v) is 12.6. The molecular weight excluding hydrogens is 434 g/mol. The molecule has 0 fully saturated rings. The van der Waals surface area contributed by atoms with Gasteiger partial charge >= 0.3 is 0 Å². The molecule has 0 spiro atoms. The third-order valence-electron chi connectivity index (χ3n) is 7.84. The topological polar surface area (TPSA) is 12.0 Å². The van der Waals surface area contributed by atoms with Gasteiger partial charge in [0.05, 0.1) is 0 Å². The van der Waals surface area contributed by atoms with E-state index in [0.717, 1.165) is 11.4 Å². The van der Waals surface area contributed by atoms with Crippen molar-refractivity contribution in [3.05, 3.63) is 132 Å². The zero-order valence-corrected chi connectivity index (χ0v) is 20.5. The van der Waals surface area contributed by atoms with Crippen molar-refractivity contribution < 1.29 is 0 Å². The second-order valence-electron chi connectivity index (χ2n) is 10.3. The molecule has 36 heavy (non-hydrogen) atoms. The number of nitrogens with one attached hydrogen (secondary N) is 1. The number of hydrogen-bond acceptors (Lipinski definition) is 1. The largest absolute Gasteiger partial charge is 0.356 e. The standard InChI is InChI=1S/C35H27N/c1-35(2)32-21-16-24-9-4-6-12-30(24)34(32)31-20-19-27(22-33(31)35)36-26-17-14-25(15-18-26)29-13-7-10-23-8-3-5-11-28(23)29/h3-22,36H,1-2H3. The summed E-state index contributed by atoms with van der Waals surface area (Å²) in [4.78, 5) is 0. The molecule has 1 N–H and O–H groups in total. The molecule has 1 heteroatoms. The normalized spacial score (nSPS) is 13.5. The van der Waals surface area contributed by atoms with Crippen LogP contribution in [-0.2, 0) is 5.41 Å². The predicted molar refractivity (Wildman–Crippen MR) is 154 cm³/mol. The van der Waals surface area contributed by atoms with E-state index in [0.29, 0.717) is 0 Å². The smallest absolute Gasteiger partial charge is 0.0387 e. The summed E-state index contributed by atoms with van der Waals surface area (Å²) in [6.45, 7) is 4.68. The van der Waals surface area contributed by atoms with Crippen LogP contribution in [0.5, 0.6) is 0 Å². The molecule has 0 amide bonds. The van der Waals surface area contributed by atoms with Crippen molar-refractivity contribution in [2.24, 2.45) is 0 Å². The van der Waals surface area contributed by atoms with Crippen LogP contribution in [-0.4, -0.2) is 0 Å². The minimum absolute atomic E-state index is 0.0371. The van der Waals surface area contributed by atoms with Gasteiger partial charge in [0, 0.05) is 16.8 Å². The summed E-state index contributed by atoms with van der Waals surface area (Å²) in [7, 11) is 0. The minimum Gasteiger partial charge on any atom is -0.356 e. The Kier molecular flexibility index (Phi) is 4.56. The average Bonchev–Trinajstić information content (AvgIpc) is 3.15. The summed E-state index contributed by atoms with van der Waals surface area (Å²) in [5.41, 5.74) is 10.2. The van der Waals surface area contributed by atoms with Gasteiger partial charge in [-0.15, -0.1) is 0 Å². The summed E-state index contributed by atoms with van der Waals surface area (Å²) < 4.78 is 0. The predicted octanol–water partition coefficient (Wildman–Crippen LogP) is 9.71. The van der Waals surface area contributed by atoms with Crippen LogP contribution >= 0.6 is 0 Å². The van der Waals surface area contributed by atoms with Gasteiger partial charge in [0.1, 0.15) is 0 Å². The maximum atomic E-state index is 3.65. The van der Waals surface area contributed by atoms with Crippen molar-refractivity contribution in [3.8, 4) is 22.3 Å². The van der Waals surface area contributed by atoms with Crippen molar-refractivity contribution in [3.63, 3.8) is 0 Å². The Morgan fingerprint density at radius 1 is 0.500 bits per heavy atom. The van der Waals surface area contributed by atoms with Crippen molar-refractivity contribution in [2.75, 3.05) is 5.32 Å². The highest BCUT2D eigenvalue weighted by Gasteiger charge is 2.36. The number of benzene rings is 6. The summed E-state index contributed by atoms with van der Waals surface area (Å²) in [6.07, 6.45) is 0. The molecule has 0 radical (unpaired) electrons. The van der Waals surface area contributed by atoms with Gasteiger partial charge in [0.25, 0.3) is 0 Å². The molecule has 0 aliphatic heterocycles. The van der Waals surface area contributed by atoms with E-state index in [1.807, 2.05) is 0 Å². The molecule has 0 bridgehead atoms. The number of rotatable bonds is 3. The number of fused-ring (bicyclic) bond motifs is 6. The summed E-state index contributed by atoms with van der Waals surface area (Å²) in [5, 5.41) is 8.85. The van der Waals surface area contributed by atoms with Crippen LogP contribution in [0.2, 0.25) is 0 Å². The molecule has 0 saturated heterocycles. The maximum absolute atomic E-state index is 3.65. The third kappa shape index (κ3) is 3.17. The zero-order chi connectivity index (χ0) is 24.3. The fourth-order valence-electron chi connectivity index (χ4n) is 5.96. The van der Waals surface area contributed by atoms with E-state index in [-0.39, 0.29) is 5.41 Å². The van der Waals surface area contributed by atoms with Crippen LogP contribution < -0.4 is 5.32 Å². The van der Waals surface area contributed by atoms with Crippen molar-refractivity contribution >= 4 is 32.9 Å². The monoisotopic (exact) mass is 461 g/mol. The molecule has 6 aromatic carbocycles. The van der Waals surface area contributed by atoms with Gasteiger partial charge < -0.3 is 5.32 Å². The van der Waals surface area contributed by atoms with Crippen LogP contribution in [0.4, 0.5) is 11.4 Å². The molecule has 172 valence electrons. The van der Waals surface area contributed by atoms with Crippen LogP contribution in [0.15, 0.2) is 121 Å². The SMILES string of the molecule is CC1(C)c2cc(Nc3ccc(-c4cccc5ccccc45)cc3)ccc2-c2c1ccc1ccccc21. The molecule has 0 saturated carbocycles. The Balaban J connectivity index is 1.23. The molecule has 1 aliphatic carbocycles. The van der Waals surface area contributed by atoms with E-state index in [4.69, 9.17) is 0 Å². The van der Waals surface area contributed by atoms with Crippen molar-refractivity contribution in [2.45, 2.75) is 19.3 Å². The minimum atomic E-state index is -0.0371. The van der Waals surface area contributed by atoms with Gasteiger partial charge in [0.2, 0.25) is 0 Å².